The number of carbonyl (C=O) groups excluding carboxylic acids is 1. The van der Waals surface area contributed by atoms with Crippen molar-refractivity contribution in [3.05, 3.63) is 59.7 Å². The van der Waals surface area contributed by atoms with Gasteiger partial charge in [0.2, 0.25) is 5.91 Å². The molecular weight excluding hydrogens is 364 g/mol. The van der Waals surface area contributed by atoms with Gasteiger partial charge < -0.3 is 16.2 Å². The first-order valence-electron chi connectivity index (χ1n) is 8.95. The zero-order chi connectivity index (χ0) is 20.3. The third-order valence-electron chi connectivity index (χ3n) is 5.39. The van der Waals surface area contributed by atoms with Crippen LogP contribution < -0.4 is 11.5 Å². The lowest BCUT2D eigenvalue weighted by Crippen LogP contribution is -2.63. The maximum Gasteiger partial charge on any atom is 0.238 e. The Morgan fingerprint density at radius 3 is 2.50 bits per heavy atom. The summed E-state index contributed by atoms with van der Waals surface area (Å²) in [5, 5.41) is 9.65. The van der Waals surface area contributed by atoms with Crippen LogP contribution in [0.25, 0.3) is 11.1 Å². The molecule has 4 N–H and O–H groups in total. The highest BCUT2D eigenvalue weighted by Gasteiger charge is 2.46. The first-order chi connectivity index (χ1) is 13.3. The summed E-state index contributed by atoms with van der Waals surface area (Å²) >= 11 is 0. The van der Waals surface area contributed by atoms with E-state index < -0.39 is 34.9 Å². The molecule has 3 unspecified atom stereocenters. The fourth-order valence-electron chi connectivity index (χ4n) is 3.61. The van der Waals surface area contributed by atoms with E-state index in [-0.39, 0.29) is 13.0 Å². The smallest absolute Gasteiger partial charge is 0.238 e. The first-order valence-corrected chi connectivity index (χ1v) is 8.95. The van der Waals surface area contributed by atoms with Crippen LogP contribution in [0.2, 0.25) is 0 Å². The van der Waals surface area contributed by atoms with E-state index in [1.165, 1.54) is 6.07 Å². The van der Waals surface area contributed by atoms with Gasteiger partial charge in [0, 0.05) is 12.5 Å². The Bertz CT molecular complexity index is 911. The molecule has 0 aliphatic carbocycles. The molecule has 1 heterocycles. The second-order valence-electron chi connectivity index (χ2n) is 7.10. The van der Waals surface area contributed by atoms with E-state index >= 15 is 0 Å². The van der Waals surface area contributed by atoms with E-state index in [4.69, 9.17) is 16.2 Å². The van der Waals surface area contributed by atoms with Gasteiger partial charge in [0.1, 0.15) is 5.54 Å². The summed E-state index contributed by atoms with van der Waals surface area (Å²) in [5.74, 6) is -3.49. The van der Waals surface area contributed by atoms with Gasteiger partial charge >= 0.3 is 0 Å². The van der Waals surface area contributed by atoms with E-state index in [0.29, 0.717) is 18.6 Å². The van der Waals surface area contributed by atoms with Crippen LogP contribution in [-0.2, 0) is 16.0 Å². The summed E-state index contributed by atoms with van der Waals surface area (Å²) in [7, 11) is 0. The van der Waals surface area contributed by atoms with Crippen LogP contribution in [0, 0.1) is 34.8 Å². The van der Waals surface area contributed by atoms with E-state index in [1.54, 1.807) is 12.1 Å². The molecule has 28 heavy (non-hydrogen) atoms. The summed E-state index contributed by atoms with van der Waals surface area (Å²) in [6.45, 7) is 0.529. The number of carbonyl (C=O) groups is 1. The quantitative estimate of drug-likeness (QED) is 0.826. The topological polar surface area (TPSA) is 102 Å². The predicted octanol–water partition coefficient (Wildman–Crippen LogP) is 2.53. The molecule has 2 aromatic carbocycles. The minimum Gasteiger partial charge on any atom is -0.381 e. The highest BCUT2D eigenvalue weighted by molar-refractivity contribution is 5.85. The van der Waals surface area contributed by atoms with Crippen molar-refractivity contribution in [3.63, 3.8) is 0 Å². The number of rotatable bonds is 5. The maximum atomic E-state index is 13.4. The molecular formula is C21H21F2N3O2. The summed E-state index contributed by atoms with van der Waals surface area (Å²) in [4.78, 5) is 11.9. The molecule has 1 saturated heterocycles. The molecule has 3 rings (SSSR count). The van der Waals surface area contributed by atoms with Gasteiger partial charge in [-0.05, 0) is 41.7 Å². The Labute approximate surface area is 161 Å². The number of hydrogen-bond acceptors (Lipinski definition) is 4. The van der Waals surface area contributed by atoms with Crippen molar-refractivity contribution in [3.8, 4) is 17.2 Å². The van der Waals surface area contributed by atoms with Crippen LogP contribution in [0.5, 0.6) is 0 Å². The number of ether oxygens (including phenoxy) is 1. The lowest BCUT2D eigenvalue weighted by Gasteiger charge is -2.40. The Kier molecular flexibility index (Phi) is 5.73. The van der Waals surface area contributed by atoms with Crippen molar-refractivity contribution in [1.29, 1.82) is 5.26 Å². The molecule has 1 amide bonds. The normalized spacial score (nSPS) is 23.0. The van der Waals surface area contributed by atoms with Gasteiger partial charge in [-0.2, -0.15) is 5.26 Å². The fourth-order valence-corrected chi connectivity index (χ4v) is 3.61. The average Bonchev–Trinajstić information content (AvgIpc) is 2.69. The van der Waals surface area contributed by atoms with Gasteiger partial charge in [-0.25, -0.2) is 8.78 Å². The number of hydrogen-bond donors (Lipinski definition) is 2. The zero-order valence-electron chi connectivity index (χ0n) is 15.2. The van der Waals surface area contributed by atoms with E-state index in [2.05, 4.69) is 6.07 Å². The Morgan fingerprint density at radius 1 is 1.21 bits per heavy atom. The third kappa shape index (κ3) is 3.88. The molecule has 3 atom stereocenters. The number of benzene rings is 2. The van der Waals surface area contributed by atoms with E-state index in [9.17, 15) is 18.8 Å². The van der Waals surface area contributed by atoms with Crippen LogP contribution in [0.4, 0.5) is 8.78 Å². The monoisotopic (exact) mass is 385 g/mol. The van der Waals surface area contributed by atoms with Gasteiger partial charge in [0.15, 0.2) is 11.6 Å². The standard InChI is InChI=1S/C21H21F2N3O2/c22-18-6-5-15(10-19(18)23)14-3-1-13(2-4-14)9-16(11-24)17-12-28-8-7-21(17,26)20(25)27/h1-6,10,16-17H,7-9,12,26H2,(H2,25,27). The largest absolute Gasteiger partial charge is 0.381 e. The van der Waals surface area contributed by atoms with Gasteiger partial charge in [-0.3, -0.25) is 4.79 Å². The molecule has 0 spiro atoms. The summed E-state index contributed by atoms with van der Waals surface area (Å²) in [6, 6.07) is 13.1. The van der Waals surface area contributed by atoms with Crippen molar-refractivity contribution in [1.82, 2.24) is 0 Å². The third-order valence-corrected chi connectivity index (χ3v) is 5.39. The lowest BCUT2D eigenvalue weighted by molar-refractivity contribution is -0.131. The molecule has 146 valence electrons. The summed E-state index contributed by atoms with van der Waals surface area (Å²) < 4.78 is 32.0. The van der Waals surface area contributed by atoms with Crippen molar-refractivity contribution in [2.45, 2.75) is 18.4 Å². The number of halogens is 2. The van der Waals surface area contributed by atoms with Crippen molar-refractivity contribution in [2.24, 2.45) is 23.3 Å². The Morgan fingerprint density at radius 2 is 1.89 bits per heavy atom. The second kappa shape index (κ2) is 8.05. The van der Waals surface area contributed by atoms with Crippen LogP contribution in [0.1, 0.15) is 12.0 Å². The summed E-state index contributed by atoms with van der Waals surface area (Å²) in [6.07, 6.45) is 0.648. The Hall–Kier alpha value is -2.82. The highest BCUT2D eigenvalue weighted by atomic mass is 19.2. The van der Waals surface area contributed by atoms with Crippen molar-refractivity contribution >= 4 is 5.91 Å². The van der Waals surface area contributed by atoms with Crippen LogP contribution >= 0.6 is 0 Å². The van der Waals surface area contributed by atoms with Crippen LogP contribution in [0.3, 0.4) is 0 Å². The molecule has 1 fully saturated rings. The van der Waals surface area contributed by atoms with E-state index in [0.717, 1.165) is 23.3 Å². The van der Waals surface area contributed by atoms with Crippen LogP contribution in [-0.4, -0.2) is 24.7 Å². The Balaban J connectivity index is 1.79. The molecule has 0 radical (unpaired) electrons. The van der Waals surface area contributed by atoms with Gasteiger partial charge in [-0.1, -0.05) is 30.3 Å². The molecule has 5 nitrogen and oxygen atoms in total. The lowest BCUT2D eigenvalue weighted by atomic mass is 9.71. The SMILES string of the molecule is N#CC(Cc1ccc(-c2ccc(F)c(F)c2)cc1)C1COCCC1(N)C(N)=O. The average molecular weight is 385 g/mol. The van der Waals surface area contributed by atoms with Gasteiger partial charge in [0.25, 0.3) is 0 Å². The molecule has 2 aromatic rings. The van der Waals surface area contributed by atoms with Gasteiger partial charge in [-0.15, -0.1) is 0 Å². The number of nitriles is 1. The fraction of sp³-hybridized carbons (Fsp3) is 0.333. The summed E-state index contributed by atoms with van der Waals surface area (Å²) in [5.41, 5.74) is 12.6. The van der Waals surface area contributed by atoms with Crippen LogP contribution in [0.15, 0.2) is 42.5 Å². The number of nitrogens with two attached hydrogens (primary N) is 2. The predicted molar refractivity (Wildman–Crippen MR) is 99.6 cm³/mol. The van der Waals surface area contributed by atoms with Crippen molar-refractivity contribution < 1.29 is 18.3 Å². The maximum absolute atomic E-state index is 13.4. The molecule has 1 aliphatic rings. The highest BCUT2D eigenvalue weighted by Crippen LogP contribution is 2.32. The van der Waals surface area contributed by atoms with Gasteiger partial charge in [0.05, 0.1) is 18.6 Å². The minimum absolute atomic E-state index is 0.199. The molecule has 7 heteroatoms. The number of primary amides is 1. The molecule has 0 saturated carbocycles. The minimum atomic E-state index is -1.27. The number of amides is 1. The zero-order valence-corrected chi connectivity index (χ0v) is 15.2. The van der Waals surface area contributed by atoms with E-state index in [1.807, 2.05) is 12.1 Å². The first kappa shape index (κ1) is 19.9. The molecule has 0 bridgehead atoms. The second-order valence-corrected chi connectivity index (χ2v) is 7.10. The molecule has 1 aliphatic heterocycles. The van der Waals surface area contributed by atoms with Crippen molar-refractivity contribution in [2.75, 3.05) is 13.2 Å². The molecule has 0 aromatic heterocycles. The number of nitrogens with zero attached hydrogens (tertiary/aromatic N) is 1.